The zero-order valence-corrected chi connectivity index (χ0v) is 14.5. The molecule has 0 aliphatic carbocycles. The van der Waals surface area contributed by atoms with Crippen LogP contribution in [0.1, 0.15) is 11.4 Å². The van der Waals surface area contributed by atoms with Crippen LogP contribution in [0.15, 0.2) is 35.9 Å². The SMILES string of the molecule is Cc1cc(C=C2C(=O)NC(=S)N(c3ccc(Cl)cc3)C2=O)n(C)n1. The van der Waals surface area contributed by atoms with Gasteiger partial charge in [-0.1, -0.05) is 11.6 Å². The normalized spacial score (nSPS) is 16.7. The van der Waals surface area contributed by atoms with E-state index in [1.54, 1.807) is 42.1 Å². The van der Waals surface area contributed by atoms with Crippen LogP contribution in [0.3, 0.4) is 0 Å². The van der Waals surface area contributed by atoms with Gasteiger partial charge in [0.05, 0.1) is 17.1 Å². The number of nitrogens with zero attached hydrogens (tertiary/aromatic N) is 3. The number of hydrogen-bond acceptors (Lipinski definition) is 4. The summed E-state index contributed by atoms with van der Waals surface area (Å²) in [6.45, 7) is 1.83. The maximum absolute atomic E-state index is 12.8. The monoisotopic (exact) mass is 360 g/mol. The van der Waals surface area contributed by atoms with Gasteiger partial charge in [-0.05, 0) is 55.5 Å². The Labute approximate surface area is 148 Å². The summed E-state index contributed by atoms with van der Waals surface area (Å²) in [5.74, 6) is -1.03. The lowest BCUT2D eigenvalue weighted by atomic mass is 10.1. The quantitative estimate of drug-likeness (QED) is 0.506. The molecule has 8 heteroatoms. The number of nitrogens with one attached hydrogen (secondary N) is 1. The van der Waals surface area contributed by atoms with E-state index in [-0.39, 0.29) is 10.7 Å². The standard InChI is InChI=1S/C16H13ClN4O2S/c1-9-7-12(20(2)19-9)8-13-14(22)18-16(24)21(15(13)23)11-5-3-10(17)4-6-11/h3-8H,1-2H3,(H,18,22,24). The van der Waals surface area contributed by atoms with Gasteiger partial charge in [0, 0.05) is 12.1 Å². The molecule has 24 heavy (non-hydrogen) atoms. The number of anilines is 1. The van der Waals surface area contributed by atoms with Crippen molar-refractivity contribution in [1.29, 1.82) is 0 Å². The molecule has 122 valence electrons. The molecule has 2 amide bonds. The van der Waals surface area contributed by atoms with Crippen molar-refractivity contribution in [3.63, 3.8) is 0 Å². The Morgan fingerprint density at radius 3 is 2.50 bits per heavy atom. The van der Waals surface area contributed by atoms with E-state index in [4.69, 9.17) is 23.8 Å². The summed E-state index contributed by atoms with van der Waals surface area (Å²) >= 11 is 11.0. The molecule has 1 aromatic heterocycles. The van der Waals surface area contributed by atoms with Crippen molar-refractivity contribution in [2.45, 2.75) is 6.92 Å². The average Bonchev–Trinajstić information content (AvgIpc) is 2.83. The number of aryl methyl sites for hydroxylation is 2. The molecule has 0 unspecified atom stereocenters. The number of benzene rings is 1. The smallest absolute Gasteiger partial charge is 0.270 e. The first kappa shape index (κ1) is 16.4. The molecule has 3 rings (SSSR count). The maximum Gasteiger partial charge on any atom is 0.270 e. The van der Waals surface area contributed by atoms with Gasteiger partial charge in [-0.15, -0.1) is 0 Å². The number of halogens is 1. The van der Waals surface area contributed by atoms with E-state index in [1.807, 2.05) is 6.92 Å². The Morgan fingerprint density at radius 1 is 1.25 bits per heavy atom. The van der Waals surface area contributed by atoms with E-state index < -0.39 is 11.8 Å². The van der Waals surface area contributed by atoms with Crippen LogP contribution in [-0.4, -0.2) is 26.7 Å². The number of hydrogen-bond donors (Lipinski definition) is 1. The number of thiocarbonyl (C=S) groups is 1. The molecule has 1 N–H and O–H groups in total. The average molecular weight is 361 g/mol. The first-order chi connectivity index (χ1) is 11.4. The fourth-order valence-corrected chi connectivity index (χ4v) is 2.80. The summed E-state index contributed by atoms with van der Waals surface area (Å²) in [5, 5.41) is 7.31. The van der Waals surface area contributed by atoms with Crippen molar-refractivity contribution in [3.8, 4) is 0 Å². The molecule has 2 heterocycles. The van der Waals surface area contributed by atoms with Crippen LogP contribution in [0.5, 0.6) is 0 Å². The molecule has 1 aliphatic rings. The van der Waals surface area contributed by atoms with Gasteiger partial charge < -0.3 is 0 Å². The molecule has 0 atom stereocenters. The van der Waals surface area contributed by atoms with Crippen LogP contribution in [0.4, 0.5) is 5.69 Å². The molecule has 0 spiro atoms. The Bertz CT molecular complexity index is 886. The first-order valence-electron chi connectivity index (χ1n) is 7.04. The summed E-state index contributed by atoms with van der Waals surface area (Å²) in [7, 11) is 1.74. The van der Waals surface area contributed by atoms with Crippen molar-refractivity contribution < 1.29 is 9.59 Å². The van der Waals surface area contributed by atoms with Gasteiger partial charge in [0.1, 0.15) is 5.57 Å². The van der Waals surface area contributed by atoms with Crippen LogP contribution in [0, 0.1) is 6.92 Å². The highest BCUT2D eigenvalue weighted by Crippen LogP contribution is 2.23. The minimum Gasteiger partial charge on any atom is -0.298 e. The van der Waals surface area contributed by atoms with Crippen molar-refractivity contribution in [2.24, 2.45) is 7.05 Å². The third-order valence-corrected chi connectivity index (χ3v) is 4.05. The van der Waals surface area contributed by atoms with Crippen LogP contribution in [-0.2, 0) is 16.6 Å². The maximum atomic E-state index is 12.8. The minimum atomic E-state index is -0.533. The summed E-state index contributed by atoms with van der Waals surface area (Å²) in [6.07, 6.45) is 1.50. The zero-order chi connectivity index (χ0) is 17.4. The van der Waals surface area contributed by atoms with Crippen LogP contribution in [0.25, 0.3) is 6.08 Å². The fourth-order valence-electron chi connectivity index (χ4n) is 2.40. The fraction of sp³-hybridized carbons (Fsp3) is 0.125. The van der Waals surface area contributed by atoms with Gasteiger partial charge in [0.15, 0.2) is 5.11 Å². The van der Waals surface area contributed by atoms with Gasteiger partial charge in [0.25, 0.3) is 11.8 Å². The van der Waals surface area contributed by atoms with Crippen molar-refractivity contribution in [1.82, 2.24) is 15.1 Å². The second-order valence-corrected chi connectivity index (χ2v) is 6.09. The van der Waals surface area contributed by atoms with Gasteiger partial charge in [-0.2, -0.15) is 5.10 Å². The molecule has 1 saturated heterocycles. The largest absolute Gasteiger partial charge is 0.298 e. The second kappa shape index (κ2) is 6.18. The van der Waals surface area contributed by atoms with Gasteiger partial charge in [-0.3, -0.25) is 24.5 Å². The molecule has 2 aromatic rings. The number of amides is 2. The third-order valence-electron chi connectivity index (χ3n) is 3.52. The molecular formula is C16H13ClN4O2S. The van der Waals surface area contributed by atoms with E-state index >= 15 is 0 Å². The van der Waals surface area contributed by atoms with Gasteiger partial charge in [-0.25, -0.2) is 0 Å². The van der Waals surface area contributed by atoms with E-state index in [2.05, 4.69) is 10.4 Å². The Balaban J connectivity index is 2.03. The van der Waals surface area contributed by atoms with Gasteiger partial charge in [0.2, 0.25) is 0 Å². The molecule has 1 fully saturated rings. The predicted molar refractivity (Wildman–Crippen MR) is 95.6 cm³/mol. The second-order valence-electron chi connectivity index (χ2n) is 5.27. The first-order valence-corrected chi connectivity index (χ1v) is 7.83. The lowest BCUT2D eigenvalue weighted by molar-refractivity contribution is -0.122. The number of carbonyl (C=O) groups excluding carboxylic acids is 2. The number of aromatic nitrogens is 2. The van der Waals surface area contributed by atoms with Crippen molar-refractivity contribution in [2.75, 3.05) is 4.90 Å². The van der Waals surface area contributed by atoms with Crippen molar-refractivity contribution >= 4 is 52.5 Å². The Hall–Kier alpha value is -2.51. The number of rotatable bonds is 2. The highest BCUT2D eigenvalue weighted by molar-refractivity contribution is 7.80. The topological polar surface area (TPSA) is 67.2 Å². The predicted octanol–water partition coefficient (Wildman–Crippen LogP) is 2.21. The summed E-state index contributed by atoms with van der Waals surface area (Å²) < 4.78 is 1.60. The highest BCUT2D eigenvalue weighted by atomic mass is 35.5. The lowest BCUT2D eigenvalue weighted by Crippen LogP contribution is -2.54. The van der Waals surface area contributed by atoms with E-state index in [9.17, 15) is 9.59 Å². The van der Waals surface area contributed by atoms with E-state index in [0.29, 0.717) is 16.4 Å². The Morgan fingerprint density at radius 2 is 1.92 bits per heavy atom. The zero-order valence-electron chi connectivity index (χ0n) is 12.9. The summed E-state index contributed by atoms with van der Waals surface area (Å²) in [4.78, 5) is 26.3. The summed E-state index contributed by atoms with van der Waals surface area (Å²) in [5.41, 5.74) is 1.95. The van der Waals surface area contributed by atoms with E-state index in [0.717, 1.165) is 5.69 Å². The molecule has 6 nitrogen and oxygen atoms in total. The molecule has 0 saturated carbocycles. The molecule has 0 bridgehead atoms. The molecule has 0 radical (unpaired) electrons. The third kappa shape index (κ3) is 2.95. The summed E-state index contributed by atoms with van der Waals surface area (Å²) in [6, 6.07) is 8.41. The van der Waals surface area contributed by atoms with Crippen molar-refractivity contribution in [3.05, 3.63) is 52.3 Å². The van der Waals surface area contributed by atoms with Crippen LogP contribution < -0.4 is 10.2 Å². The highest BCUT2D eigenvalue weighted by Gasteiger charge is 2.34. The number of carbonyl (C=O) groups is 2. The van der Waals surface area contributed by atoms with Gasteiger partial charge >= 0.3 is 0 Å². The van der Waals surface area contributed by atoms with Crippen LogP contribution in [0.2, 0.25) is 5.02 Å². The molecule has 1 aromatic carbocycles. The van der Waals surface area contributed by atoms with Crippen LogP contribution >= 0.6 is 23.8 Å². The lowest BCUT2D eigenvalue weighted by Gasteiger charge is -2.28. The molecule has 1 aliphatic heterocycles. The Kier molecular flexibility index (Phi) is 4.21. The van der Waals surface area contributed by atoms with E-state index in [1.165, 1.54) is 11.0 Å². The minimum absolute atomic E-state index is 0.0125. The molecular weight excluding hydrogens is 348 g/mol.